The SMILES string of the molecule is Cc1ccc(S(=O)(=O)N2Cc3c(-c4cccc5ccccc45)nnn3[C@H]3CCCCC[C@@H]32)cc1. The zero-order valence-corrected chi connectivity index (χ0v) is 20.1. The first-order valence-electron chi connectivity index (χ1n) is 12.0. The molecular formula is C27H28N4O2S. The molecule has 2 atom stereocenters. The summed E-state index contributed by atoms with van der Waals surface area (Å²) in [5, 5.41) is 11.5. The number of aryl methyl sites for hydroxylation is 1. The largest absolute Gasteiger partial charge is 0.243 e. The van der Waals surface area contributed by atoms with Gasteiger partial charge in [0.1, 0.15) is 5.69 Å². The Bertz CT molecular complexity index is 1450. The second kappa shape index (κ2) is 8.32. The second-order valence-corrected chi connectivity index (χ2v) is 11.4. The van der Waals surface area contributed by atoms with Crippen LogP contribution in [0.25, 0.3) is 22.0 Å². The third-order valence-corrected chi connectivity index (χ3v) is 9.28. The molecular weight excluding hydrogens is 444 g/mol. The van der Waals surface area contributed by atoms with Crippen LogP contribution in [0.1, 0.15) is 49.4 Å². The predicted octanol–water partition coefficient (Wildman–Crippen LogP) is 5.49. The zero-order chi connectivity index (χ0) is 23.3. The second-order valence-electron chi connectivity index (χ2n) is 9.49. The molecule has 1 fully saturated rings. The van der Waals surface area contributed by atoms with Crippen LogP contribution in [0.15, 0.2) is 71.6 Å². The van der Waals surface area contributed by atoms with Crippen LogP contribution in [0, 0.1) is 6.92 Å². The summed E-state index contributed by atoms with van der Waals surface area (Å²) in [6, 6.07) is 21.5. The molecule has 0 saturated heterocycles. The van der Waals surface area contributed by atoms with Crippen molar-refractivity contribution < 1.29 is 8.42 Å². The first-order chi connectivity index (χ1) is 16.5. The van der Waals surface area contributed by atoms with Gasteiger partial charge in [0, 0.05) is 11.6 Å². The molecule has 7 heteroatoms. The Hall–Kier alpha value is -3.03. The van der Waals surface area contributed by atoms with Gasteiger partial charge in [-0.2, -0.15) is 4.31 Å². The summed E-state index contributed by atoms with van der Waals surface area (Å²) in [4.78, 5) is 0.355. The maximum absolute atomic E-state index is 13.9. The number of benzene rings is 3. The molecule has 174 valence electrons. The van der Waals surface area contributed by atoms with E-state index >= 15 is 0 Å². The van der Waals surface area contributed by atoms with E-state index in [1.807, 2.05) is 41.9 Å². The van der Waals surface area contributed by atoms with E-state index < -0.39 is 10.0 Å². The van der Waals surface area contributed by atoms with Gasteiger partial charge in [-0.15, -0.1) is 5.10 Å². The molecule has 0 bridgehead atoms. The molecule has 6 nitrogen and oxygen atoms in total. The molecule has 2 aliphatic rings. The lowest BCUT2D eigenvalue weighted by atomic mass is 9.97. The van der Waals surface area contributed by atoms with E-state index in [4.69, 9.17) is 0 Å². The van der Waals surface area contributed by atoms with Crippen molar-refractivity contribution in [1.29, 1.82) is 0 Å². The Balaban J connectivity index is 1.51. The van der Waals surface area contributed by atoms with Crippen LogP contribution < -0.4 is 0 Å². The molecule has 0 amide bonds. The lowest BCUT2D eigenvalue weighted by Crippen LogP contribution is -2.49. The van der Waals surface area contributed by atoms with E-state index in [-0.39, 0.29) is 18.6 Å². The number of rotatable bonds is 3. The topological polar surface area (TPSA) is 68.1 Å². The number of aromatic nitrogens is 3. The predicted molar refractivity (Wildman–Crippen MR) is 133 cm³/mol. The van der Waals surface area contributed by atoms with Crippen molar-refractivity contribution in [3.63, 3.8) is 0 Å². The standard InChI is InChI=1S/C27H28N4O2S/c1-19-14-16-21(17-15-19)34(32,33)30-18-26-27(23-11-7-9-20-8-5-6-10-22(20)23)28-29-31(26)25-13-4-2-3-12-24(25)30/h5-11,14-17,24-25H,2-4,12-13,18H2,1H3/t24-,25-/m0/s1. The molecule has 3 aromatic carbocycles. The third-order valence-electron chi connectivity index (χ3n) is 7.40. The van der Waals surface area contributed by atoms with E-state index in [0.29, 0.717) is 4.90 Å². The van der Waals surface area contributed by atoms with Crippen LogP contribution in [0.5, 0.6) is 0 Å². The lowest BCUT2D eigenvalue weighted by molar-refractivity contribution is 0.166. The number of hydrogen-bond acceptors (Lipinski definition) is 4. The molecule has 1 aliphatic heterocycles. The Labute approximate surface area is 200 Å². The highest BCUT2D eigenvalue weighted by atomic mass is 32.2. The molecule has 6 rings (SSSR count). The van der Waals surface area contributed by atoms with Crippen LogP contribution in [-0.2, 0) is 16.6 Å². The van der Waals surface area contributed by atoms with Crippen LogP contribution in [0.2, 0.25) is 0 Å². The van der Waals surface area contributed by atoms with Crippen molar-refractivity contribution in [3.05, 3.63) is 78.0 Å². The number of fused-ring (bicyclic) bond motifs is 4. The summed E-state index contributed by atoms with van der Waals surface area (Å²) in [5.41, 5.74) is 3.71. The normalized spacial score (nSPS) is 21.1. The van der Waals surface area contributed by atoms with E-state index in [9.17, 15) is 8.42 Å². The first-order valence-corrected chi connectivity index (χ1v) is 13.5. The van der Waals surface area contributed by atoms with Crippen molar-refractivity contribution in [2.24, 2.45) is 0 Å². The van der Waals surface area contributed by atoms with Gasteiger partial charge in [0.2, 0.25) is 10.0 Å². The van der Waals surface area contributed by atoms with Crippen LogP contribution in [0.4, 0.5) is 0 Å². The Morgan fingerprint density at radius 3 is 2.41 bits per heavy atom. The fourth-order valence-corrected chi connectivity index (χ4v) is 7.28. The summed E-state index contributed by atoms with van der Waals surface area (Å²) >= 11 is 0. The fraction of sp³-hybridized carbons (Fsp3) is 0.333. The van der Waals surface area contributed by atoms with Gasteiger partial charge < -0.3 is 0 Å². The highest BCUT2D eigenvalue weighted by molar-refractivity contribution is 7.89. The van der Waals surface area contributed by atoms with Crippen molar-refractivity contribution in [2.45, 2.75) is 62.6 Å². The van der Waals surface area contributed by atoms with Crippen molar-refractivity contribution in [3.8, 4) is 11.3 Å². The van der Waals surface area contributed by atoms with Gasteiger partial charge in [-0.05, 0) is 42.7 Å². The monoisotopic (exact) mass is 472 g/mol. The fourth-order valence-electron chi connectivity index (χ4n) is 5.63. The van der Waals surface area contributed by atoms with Gasteiger partial charge in [0.05, 0.1) is 23.2 Å². The van der Waals surface area contributed by atoms with Gasteiger partial charge >= 0.3 is 0 Å². The van der Waals surface area contributed by atoms with Crippen LogP contribution in [0.3, 0.4) is 0 Å². The zero-order valence-electron chi connectivity index (χ0n) is 19.3. The summed E-state index contributed by atoms with van der Waals surface area (Å²) in [6.45, 7) is 2.25. The number of hydrogen-bond donors (Lipinski definition) is 0. The Kier molecular flexibility index (Phi) is 5.26. The molecule has 34 heavy (non-hydrogen) atoms. The molecule has 1 saturated carbocycles. The minimum absolute atomic E-state index is 0.00250. The maximum Gasteiger partial charge on any atom is 0.243 e. The average Bonchev–Trinajstić information content (AvgIpc) is 3.12. The van der Waals surface area contributed by atoms with E-state index in [0.717, 1.165) is 65.4 Å². The van der Waals surface area contributed by atoms with Crippen molar-refractivity contribution >= 4 is 20.8 Å². The Morgan fingerprint density at radius 1 is 0.853 bits per heavy atom. The number of sulfonamides is 1. The minimum atomic E-state index is -3.66. The molecule has 1 aromatic heterocycles. The van der Waals surface area contributed by atoms with Gasteiger partial charge in [0.25, 0.3) is 0 Å². The van der Waals surface area contributed by atoms with E-state index in [2.05, 4.69) is 34.6 Å². The molecule has 1 aliphatic carbocycles. The molecule has 0 unspecified atom stereocenters. The minimum Gasteiger partial charge on any atom is -0.243 e. The van der Waals surface area contributed by atoms with Gasteiger partial charge in [-0.1, -0.05) is 84.6 Å². The highest BCUT2D eigenvalue weighted by Gasteiger charge is 2.44. The smallest absolute Gasteiger partial charge is 0.243 e. The summed E-state index contributed by atoms with van der Waals surface area (Å²) in [7, 11) is -3.66. The third kappa shape index (κ3) is 3.46. The number of nitrogens with zero attached hydrogens (tertiary/aromatic N) is 4. The van der Waals surface area contributed by atoms with E-state index in [1.54, 1.807) is 16.4 Å². The molecule has 2 heterocycles. The van der Waals surface area contributed by atoms with Crippen molar-refractivity contribution in [1.82, 2.24) is 19.3 Å². The van der Waals surface area contributed by atoms with Crippen LogP contribution >= 0.6 is 0 Å². The first kappa shape index (κ1) is 21.5. The lowest BCUT2D eigenvalue weighted by Gasteiger charge is -2.40. The van der Waals surface area contributed by atoms with Crippen molar-refractivity contribution in [2.75, 3.05) is 0 Å². The highest BCUT2D eigenvalue weighted by Crippen LogP contribution is 2.42. The van der Waals surface area contributed by atoms with E-state index in [1.165, 1.54) is 0 Å². The van der Waals surface area contributed by atoms with Gasteiger partial charge in [0.15, 0.2) is 0 Å². The summed E-state index contributed by atoms with van der Waals surface area (Å²) < 4.78 is 31.6. The maximum atomic E-state index is 13.9. The summed E-state index contributed by atoms with van der Waals surface area (Å²) in [6.07, 6.45) is 4.98. The van der Waals surface area contributed by atoms with Gasteiger partial charge in [-0.3, -0.25) is 0 Å². The molecule has 0 spiro atoms. The van der Waals surface area contributed by atoms with Gasteiger partial charge in [-0.25, -0.2) is 13.1 Å². The molecule has 4 aromatic rings. The Morgan fingerprint density at radius 2 is 1.59 bits per heavy atom. The molecule has 0 radical (unpaired) electrons. The average molecular weight is 473 g/mol. The quantitative estimate of drug-likeness (QED) is 0.396. The molecule has 0 N–H and O–H groups in total. The summed E-state index contributed by atoms with van der Waals surface area (Å²) in [5.74, 6) is 0. The van der Waals surface area contributed by atoms with Crippen LogP contribution in [-0.4, -0.2) is 33.8 Å².